The maximum Gasteiger partial charge on any atom is 0.277 e. The van der Waals surface area contributed by atoms with E-state index >= 15 is 0 Å². The van der Waals surface area contributed by atoms with Crippen LogP contribution in [0.4, 0.5) is 10.2 Å². The molecule has 0 atom stereocenters. The normalized spacial score (nSPS) is 11.4. The third-order valence-electron chi connectivity index (χ3n) is 6.13. The Hall–Kier alpha value is -5.51. The molecule has 0 spiro atoms. The van der Waals surface area contributed by atoms with Gasteiger partial charge < -0.3 is 5.32 Å². The first-order valence-corrected chi connectivity index (χ1v) is 11.8. The number of para-hydroxylation sites is 2. The average molecular weight is 500 g/mol. The number of halogens is 1. The van der Waals surface area contributed by atoms with Crippen LogP contribution in [0.15, 0.2) is 97.5 Å². The van der Waals surface area contributed by atoms with Gasteiger partial charge in [0.2, 0.25) is 0 Å². The van der Waals surface area contributed by atoms with Crippen LogP contribution in [0.25, 0.3) is 45.0 Å². The van der Waals surface area contributed by atoms with Gasteiger partial charge in [-0.1, -0.05) is 18.2 Å². The maximum absolute atomic E-state index is 13.6. The molecule has 7 rings (SSSR count). The van der Waals surface area contributed by atoms with E-state index in [1.165, 1.54) is 18.3 Å². The van der Waals surface area contributed by atoms with Gasteiger partial charge in [0.1, 0.15) is 28.5 Å². The minimum Gasteiger partial charge on any atom is -0.304 e. The maximum atomic E-state index is 13.6. The summed E-state index contributed by atoms with van der Waals surface area (Å²) < 4.78 is 17.1. The zero-order chi connectivity index (χ0) is 25.6. The van der Waals surface area contributed by atoms with Crippen LogP contribution in [0.1, 0.15) is 10.5 Å². The first-order chi connectivity index (χ1) is 18.6. The summed E-state index contributed by atoms with van der Waals surface area (Å²) in [5, 5.41) is 7.53. The monoisotopic (exact) mass is 500 g/mol. The van der Waals surface area contributed by atoms with Gasteiger partial charge in [0, 0.05) is 11.8 Å². The number of carbonyl (C=O) groups is 1. The first-order valence-electron chi connectivity index (χ1n) is 11.8. The second kappa shape index (κ2) is 8.56. The van der Waals surface area contributed by atoms with Crippen molar-refractivity contribution in [2.75, 3.05) is 5.32 Å². The Kier molecular flexibility index (Phi) is 4.90. The summed E-state index contributed by atoms with van der Waals surface area (Å²) in [4.78, 5) is 30.8. The Bertz CT molecular complexity index is 1990. The van der Waals surface area contributed by atoms with Gasteiger partial charge >= 0.3 is 0 Å². The molecular formula is C28H17FN8O. The largest absolute Gasteiger partial charge is 0.304 e. The standard InChI is InChI=1S/C28H17FN8O/c29-18-10-8-17(9-11-18)26-27(36-14-4-3-7-24(36)34-26)21-12-13-25-32-23(16-37(25)35-21)33-28(38)22-15-30-19-5-1-2-6-20(19)31-22/h1-16H,(H,33,38). The summed E-state index contributed by atoms with van der Waals surface area (Å²) in [7, 11) is 0. The molecule has 0 radical (unpaired) electrons. The quantitative estimate of drug-likeness (QED) is 0.363. The number of anilines is 1. The Morgan fingerprint density at radius 2 is 1.63 bits per heavy atom. The number of aromatic nitrogens is 7. The van der Waals surface area contributed by atoms with Crippen LogP contribution in [-0.4, -0.2) is 39.9 Å². The Balaban J connectivity index is 1.26. The van der Waals surface area contributed by atoms with Crippen molar-refractivity contribution in [3.05, 3.63) is 109 Å². The molecule has 7 aromatic rings. The number of rotatable bonds is 4. The molecule has 5 heterocycles. The summed E-state index contributed by atoms with van der Waals surface area (Å²) >= 11 is 0. The summed E-state index contributed by atoms with van der Waals surface area (Å²) in [5.41, 5.74) is 5.63. The van der Waals surface area contributed by atoms with Crippen molar-refractivity contribution in [3.8, 4) is 22.6 Å². The molecule has 0 aliphatic heterocycles. The highest BCUT2D eigenvalue weighted by Crippen LogP contribution is 2.32. The molecule has 0 bridgehead atoms. The van der Waals surface area contributed by atoms with Gasteiger partial charge in [0.15, 0.2) is 11.5 Å². The van der Waals surface area contributed by atoms with Crippen LogP contribution in [0.2, 0.25) is 0 Å². The molecule has 9 nitrogen and oxygen atoms in total. The van der Waals surface area contributed by atoms with Crippen molar-refractivity contribution in [2.45, 2.75) is 0 Å². The Labute approximate surface area is 214 Å². The van der Waals surface area contributed by atoms with E-state index in [1.54, 1.807) is 28.9 Å². The number of nitrogens with one attached hydrogen (secondary N) is 1. The van der Waals surface area contributed by atoms with E-state index in [1.807, 2.05) is 59.1 Å². The SMILES string of the molecule is O=C(Nc1cn2nc(-c3c(-c4ccc(F)cc4)nc4ccccn34)ccc2n1)c1cnc2ccccc2n1. The molecule has 0 aliphatic rings. The second-order valence-electron chi connectivity index (χ2n) is 8.59. The molecule has 5 aromatic heterocycles. The van der Waals surface area contributed by atoms with Gasteiger partial charge in [-0.05, 0) is 60.7 Å². The van der Waals surface area contributed by atoms with Crippen LogP contribution >= 0.6 is 0 Å². The summed E-state index contributed by atoms with van der Waals surface area (Å²) in [6, 6.07) is 22.9. The van der Waals surface area contributed by atoms with Gasteiger partial charge in [-0.15, -0.1) is 0 Å². The van der Waals surface area contributed by atoms with Crippen molar-refractivity contribution in [2.24, 2.45) is 0 Å². The van der Waals surface area contributed by atoms with Crippen LogP contribution < -0.4 is 5.32 Å². The van der Waals surface area contributed by atoms with Crippen molar-refractivity contribution in [1.29, 1.82) is 0 Å². The molecule has 0 saturated carbocycles. The minimum atomic E-state index is -0.424. The van der Waals surface area contributed by atoms with Gasteiger partial charge in [0.25, 0.3) is 5.91 Å². The number of hydrogen-bond acceptors (Lipinski definition) is 6. The number of benzene rings is 2. The zero-order valence-electron chi connectivity index (χ0n) is 19.7. The van der Waals surface area contributed by atoms with Gasteiger partial charge in [-0.25, -0.2) is 23.9 Å². The van der Waals surface area contributed by atoms with E-state index in [-0.39, 0.29) is 11.5 Å². The number of fused-ring (bicyclic) bond motifs is 3. The molecule has 1 N–H and O–H groups in total. The molecule has 0 saturated heterocycles. The van der Waals surface area contributed by atoms with Gasteiger partial charge in [-0.2, -0.15) is 5.10 Å². The highest BCUT2D eigenvalue weighted by molar-refractivity contribution is 6.03. The molecule has 1 amide bonds. The van der Waals surface area contributed by atoms with Crippen LogP contribution in [0.3, 0.4) is 0 Å². The zero-order valence-corrected chi connectivity index (χ0v) is 19.7. The number of imidazole rings is 2. The van der Waals surface area contributed by atoms with Crippen LogP contribution in [0, 0.1) is 5.82 Å². The van der Waals surface area contributed by atoms with E-state index in [2.05, 4.69) is 20.3 Å². The van der Waals surface area contributed by atoms with E-state index < -0.39 is 5.91 Å². The molecule has 38 heavy (non-hydrogen) atoms. The lowest BCUT2D eigenvalue weighted by Crippen LogP contribution is -2.14. The van der Waals surface area contributed by atoms with Crippen molar-refractivity contribution in [3.63, 3.8) is 0 Å². The Morgan fingerprint density at radius 3 is 2.50 bits per heavy atom. The fourth-order valence-electron chi connectivity index (χ4n) is 4.37. The van der Waals surface area contributed by atoms with Crippen LogP contribution in [0.5, 0.6) is 0 Å². The van der Waals surface area contributed by atoms with Gasteiger partial charge in [-0.3, -0.25) is 14.2 Å². The first kappa shape index (κ1) is 21.7. The van der Waals surface area contributed by atoms with Crippen molar-refractivity contribution >= 4 is 34.1 Å². The molecule has 0 unspecified atom stereocenters. The Morgan fingerprint density at radius 1 is 0.816 bits per heavy atom. The topological polar surface area (TPSA) is 102 Å². The van der Waals surface area contributed by atoms with E-state index in [0.29, 0.717) is 33.9 Å². The van der Waals surface area contributed by atoms with Crippen molar-refractivity contribution in [1.82, 2.24) is 34.0 Å². The third kappa shape index (κ3) is 3.71. The smallest absolute Gasteiger partial charge is 0.277 e. The summed E-state index contributed by atoms with van der Waals surface area (Å²) in [6.07, 6.45) is 4.97. The average Bonchev–Trinajstić information content (AvgIpc) is 3.53. The summed E-state index contributed by atoms with van der Waals surface area (Å²) in [6.45, 7) is 0. The lowest BCUT2D eigenvalue weighted by molar-refractivity contribution is 0.102. The van der Waals surface area contributed by atoms with E-state index in [9.17, 15) is 9.18 Å². The fraction of sp³-hybridized carbons (Fsp3) is 0. The predicted molar refractivity (Wildman–Crippen MR) is 140 cm³/mol. The number of amides is 1. The highest BCUT2D eigenvalue weighted by atomic mass is 19.1. The third-order valence-corrected chi connectivity index (χ3v) is 6.13. The van der Waals surface area contributed by atoms with Crippen molar-refractivity contribution < 1.29 is 9.18 Å². The highest BCUT2D eigenvalue weighted by Gasteiger charge is 2.18. The lowest BCUT2D eigenvalue weighted by Gasteiger charge is -2.05. The molecule has 0 fully saturated rings. The predicted octanol–water partition coefficient (Wildman–Crippen LogP) is 5.05. The molecule has 182 valence electrons. The van der Waals surface area contributed by atoms with Gasteiger partial charge in [0.05, 0.1) is 29.1 Å². The lowest BCUT2D eigenvalue weighted by atomic mass is 10.1. The molecule has 10 heteroatoms. The van der Waals surface area contributed by atoms with E-state index in [4.69, 9.17) is 10.1 Å². The summed E-state index contributed by atoms with van der Waals surface area (Å²) in [5.74, 6) is -0.417. The minimum absolute atomic E-state index is 0.184. The molecule has 2 aromatic carbocycles. The number of nitrogens with zero attached hydrogens (tertiary/aromatic N) is 7. The van der Waals surface area contributed by atoms with E-state index in [0.717, 1.165) is 16.9 Å². The number of carbonyl (C=O) groups excluding carboxylic acids is 1. The molecule has 0 aliphatic carbocycles. The number of pyridine rings is 1. The second-order valence-corrected chi connectivity index (χ2v) is 8.59. The fourth-order valence-corrected chi connectivity index (χ4v) is 4.37. The number of hydrogen-bond donors (Lipinski definition) is 1. The molecular weight excluding hydrogens is 483 g/mol. The van der Waals surface area contributed by atoms with Crippen LogP contribution in [-0.2, 0) is 0 Å².